The fourth-order valence-corrected chi connectivity index (χ4v) is 3.03. The zero-order valence-corrected chi connectivity index (χ0v) is 11.3. The van der Waals surface area contributed by atoms with E-state index in [1.54, 1.807) is 0 Å². The lowest BCUT2D eigenvalue weighted by molar-refractivity contribution is -0.126. The molecule has 0 aromatic heterocycles. The van der Waals surface area contributed by atoms with Crippen LogP contribution in [-0.4, -0.2) is 23.2 Å². The number of nitrogens with one attached hydrogen (secondary N) is 1. The molecule has 2 aliphatic carbocycles. The van der Waals surface area contributed by atoms with Crippen LogP contribution in [0, 0.1) is 11.8 Å². The van der Waals surface area contributed by atoms with E-state index in [0.717, 1.165) is 44.4 Å². The van der Waals surface area contributed by atoms with E-state index in [4.69, 9.17) is 0 Å². The molecule has 3 nitrogen and oxygen atoms in total. The molecular weight excluding hydrogens is 226 g/mol. The molecule has 2 rings (SSSR count). The summed E-state index contributed by atoms with van der Waals surface area (Å²) >= 11 is 0. The number of carbonyl (C=O) groups is 1. The van der Waals surface area contributed by atoms with E-state index < -0.39 is 5.60 Å². The Balaban J connectivity index is 1.74. The summed E-state index contributed by atoms with van der Waals surface area (Å²) in [7, 11) is 0. The van der Waals surface area contributed by atoms with E-state index in [1.807, 2.05) is 0 Å². The third kappa shape index (κ3) is 3.35. The maximum absolute atomic E-state index is 11.9. The second kappa shape index (κ2) is 5.87. The minimum Gasteiger partial charge on any atom is -0.388 e. The minimum absolute atomic E-state index is 0.0978. The Kier molecular flexibility index (Phi) is 4.44. The van der Waals surface area contributed by atoms with Crippen molar-refractivity contribution in [1.82, 2.24) is 5.32 Å². The monoisotopic (exact) mass is 251 g/mol. The lowest BCUT2D eigenvalue weighted by atomic mass is 9.78. The highest BCUT2D eigenvalue weighted by Crippen LogP contribution is 2.33. The lowest BCUT2D eigenvalue weighted by Crippen LogP contribution is -2.46. The van der Waals surface area contributed by atoms with E-state index in [-0.39, 0.29) is 11.8 Å². The van der Waals surface area contributed by atoms with Crippen LogP contribution in [-0.2, 0) is 4.79 Å². The normalized spacial score (nSPS) is 32.7. The fourth-order valence-electron chi connectivity index (χ4n) is 3.03. The van der Waals surface area contributed by atoms with Gasteiger partial charge in [-0.15, -0.1) is 0 Å². The Morgan fingerprint density at radius 2 is 1.94 bits per heavy atom. The molecule has 3 heteroatoms. The lowest BCUT2D eigenvalue weighted by Gasteiger charge is -2.36. The molecule has 1 amide bonds. The molecule has 2 aliphatic rings. The molecule has 0 aliphatic heterocycles. The van der Waals surface area contributed by atoms with Crippen molar-refractivity contribution < 1.29 is 9.90 Å². The quantitative estimate of drug-likeness (QED) is 0.754. The summed E-state index contributed by atoms with van der Waals surface area (Å²) < 4.78 is 0. The predicted molar refractivity (Wildman–Crippen MR) is 72.1 cm³/mol. The predicted octanol–water partition coefficient (Wildman–Crippen LogP) is 2.40. The molecule has 0 aromatic carbocycles. The van der Waals surface area contributed by atoms with Crippen LogP contribution in [0.4, 0.5) is 0 Å². The number of amides is 1. The van der Waals surface area contributed by atoms with Crippen molar-refractivity contribution >= 4 is 5.91 Å². The second-order valence-electron chi connectivity index (χ2n) is 5.93. The number of rotatable bonds is 4. The summed E-state index contributed by atoms with van der Waals surface area (Å²) in [5.74, 6) is 0.964. The van der Waals surface area contributed by atoms with Crippen LogP contribution in [0.1, 0.15) is 51.9 Å². The zero-order chi connectivity index (χ0) is 13.0. The molecule has 2 N–H and O–H groups in total. The van der Waals surface area contributed by atoms with Crippen LogP contribution in [0.25, 0.3) is 0 Å². The van der Waals surface area contributed by atoms with Crippen LogP contribution < -0.4 is 5.32 Å². The number of aliphatic hydroxyl groups is 1. The molecule has 0 unspecified atom stereocenters. The maximum Gasteiger partial charge on any atom is 0.223 e. The van der Waals surface area contributed by atoms with Gasteiger partial charge < -0.3 is 10.4 Å². The van der Waals surface area contributed by atoms with E-state index in [0.29, 0.717) is 6.54 Å². The van der Waals surface area contributed by atoms with E-state index in [2.05, 4.69) is 24.4 Å². The highest BCUT2D eigenvalue weighted by molar-refractivity contribution is 5.79. The van der Waals surface area contributed by atoms with Crippen molar-refractivity contribution in [2.24, 2.45) is 11.8 Å². The largest absolute Gasteiger partial charge is 0.388 e. The van der Waals surface area contributed by atoms with Crippen molar-refractivity contribution in [1.29, 1.82) is 0 Å². The SMILES string of the molecule is CCC1CCC(O)(CNC(=O)C2CC=CC2)CC1. The molecule has 0 bridgehead atoms. The topological polar surface area (TPSA) is 49.3 Å². The van der Waals surface area contributed by atoms with Crippen molar-refractivity contribution in [2.75, 3.05) is 6.54 Å². The first kappa shape index (κ1) is 13.6. The van der Waals surface area contributed by atoms with Crippen LogP contribution in [0.3, 0.4) is 0 Å². The first-order chi connectivity index (χ1) is 8.63. The van der Waals surface area contributed by atoms with Crippen LogP contribution in [0.2, 0.25) is 0 Å². The van der Waals surface area contributed by atoms with Gasteiger partial charge in [-0.25, -0.2) is 0 Å². The first-order valence-electron chi connectivity index (χ1n) is 7.28. The van der Waals surface area contributed by atoms with Crippen molar-refractivity contribution in [2.45, 2.75) is 57.5 Å². The van der Waals surface area contributed by atoms with Crippen LogP contribution >= 0.6 is 0 Å². The summed E-state index contributed by atoms with van der Waals surface area (Å²) in [6.45, 7) is 2.64. The Labute approximate surface area is 110 Å². The first-order valence-corrected chi connectivity index (χ1v) is 7.28. The van der Waals surface area contributed by atoms with Crippen molar-refractivity contribution in [3.8, 4) is 0 Å². The van der Waals surface area contributed by atoms with Gasteiger partial charge in [0, 0.05) is 12.5 Å². The van der Waals surface area contributed by atoms with Crippen LogP contribution in [0.15, 0.2) is 12.2 Å². The summed E-state index contributed by atoms with van der Waals surface area (Å²) in [6, 6.07) is 0. The smallest absolute Gasteiger partial charge is 0.223 e. The standard InChI is InChI=1S/C15H25NO2/c1-2-12-7-9-15(18,10-8-12)11-16-14(17)13-5-3-4-6-13/h3-4,12-13,18H,2,5-11H2,1H3,(H,16,17). The molecule has 1 saturated carbocycles. The van der Waals surface area contributed by atoms with E-state index in [1.165, 1.54) is 6.42 Å². The molecular formula is C15H25NO2. The zero-order valence-electron chi connectivity index (χ0n) is 11.3. The molecule has 0 spiro atoms. The Morgan fingerprint density at radius 1 is 1.33 bits per heavy atom. The van der Waals surface area contributed by atoms with E-state index in [9.17, 15) is 9.90 Å². The number of hydrogen-bond donors (Lipinski definition) is 2. The summed E-state index contributed by atoms with van der Waals surface area (Å²) in [6.07, 6.45) is 10.9. The van der Waals surface area contributed by atoms with Crippen molar-refractivity contribution in [3.05, 3.63) is 12.2 Å². The van der Waals surface area contributed by atoms with Gasteiger partial charge >= 0.3 is 0 Å². The molecule has 0 heterocycles. The van der Waals surface area contributed by atoms with Gasteiger partial charge in [0.2, 0.25) is 5.91 Å². The fraction of sp³-hybridized carbons (Fsp3) is 0.800. The Morgan fingerprint density at radius 3 is 2.50 bits per heavy atom. The number of hydrogen-bond acceptors (Lipinski definition) is 2. The number of carbonyl (C=O) groups excluding carboxylic acids is 1. The van der Waals surface area contributed by atoms with Crippen molar-refractivity contribution in [3.63, 3.8) is 0 Å². The molecule has 102 valence electrons. The third-order valence-electron chi connectivity index (χ3n) is 4.58. The van der Waals surface area contributed by atoms with Gasteiger partial charge in [-0.05, 0) is 44.4 Å². The second-order valence-corrected chi connectivity index (χ2v) is 5.93. The van der Waals surface area contributed by atoms with Gasteiger partial charge in [-0.2, -0.15) is 0 Å². The Hall–Kier alpha value is -0.830. The third-order valence-corrected chi connectivity index (χ3v) is 4.58. The van der Waals surface area contributed by atoms with Gasteiger partial charge in [0.25, 0.3) is 0 Å². The average molecular weight is 251 g/mol. The van der Waals surface area contributed by atoms with Gasteiger partial charge in [0.15, 0.2) is 0 Å². The molecule has 0 atom stereocenters. The van der Waals surface area contributed by atoms with E-state index >= 15 is 0 Å². The number of allylic oxidation sites excluding steroid dienone is 2. The van der Waals surface area contributed by atoms with Gasteiger partial charge in [0.1, 0.15) is 0 Å². The summed E-state index contributed by atoms with van der Waals surface area (Å²) in [5.41, 5.74) is -0.659. The van der Waals surface area contributed by atoms with Gasteiger partial charge in [-0.1, -0.05) is 25.5 Å². The average Bonchev–Trinajstić information content (AvgIpc) is 2.91. The molecule has 0 aromatic rings. The summed E-state index contributed by atoms with van der Waals surface area (Å²) in [4.78, 5) is 11.9. The maximum atomic E-state index is 11.9. The van der Waals surface area contributed by atoms with Crippen LogP contribution in [0.5, 0.6) is 0 Å². The molecule has 0 radical (unpaired) electrons. The van der Waals surface area contributed by atoms with Gasteiger partial charge in [0.05, 0.1) is 5.60 Å². The van der Waals surface area contributed by atoms with Gasteiger partial charge in [-0.3, -0.25) is 4.79 Å². The molecule has 18 heavy (non-hydrogen) atoms. The molecule has 1 fully saturated rings. The Bertz CT molecular complexity index is 308. The minimum atomic E-state index is -0.659. The highest BCUT2D eigenvalue weighted by Gasteiger charge is 2.33. The highest BCUT2D eigenvalue weighted by atomic mass is 16.3. The molecule has 0 saturated heterocycles. The summed E-state index contributed by atoms with van der Waals surface area (Å²) in [5, 5.41) is 13.4.